The smallest absolute Gasteiger partial charge is 0.0991 e. The van der Waals surface area contributed by atoms with Crippen LogP contribution in [0.15, 0.2) is 60.7 Å². The Hall–Kier alpha value is -2.59. The molecule has 0 aliphatic heterocycles. The van der Waals surface area contributed by atoms with Crippen molar-refractivity contribution in [2.24, 2.45) is 0 Å². The Morgan fingerprint density at radius 3 is 2.15 bits per heavy atom. The second-order valence-corrected chi connectivity index (χ2v) is 4.94. The monoisotopic (exact) mass is 257 g/mol. The summed E-state index contributed by atoms with van der Waals surface area (Å²) < 4.78 is 0. The van der Waals surface area contributed by atoms with E-state index in [9.17, 15) is 0 Å². The van der Waals surface area contributed by atoms with E-state index >= 15 is 0 Å². The van der Waals surface area contributed by atoms with Crippen LogP contribution in [0, 0.1) is 11.3 Å². The fourth-order valence-electron chi connectivity index (χ4n) is 2.43. The van der Waals surface area contributed by atoms with Gasteiger partial charge in [0.1, 0.15) is 0 Å². The zero-order valence-corrected chi connectivity index (χ0v) is 11.4. The standard InChI is InChI=1S/C19H15N/c1-2-14-3-6-16(7-4-14)18-10-9-17-11-15(13-20)5-8-19(17)12-18/h3-12H,2H2,1H3. The van der Waals surface area contributed by atoms with Crippen LogP contribution >= 0.6 is 0 Å². The van der Waals surface area contributed by atoms with Crippen LogP contribution in [0.2, 0.25) is 0 Å². The van der Waals surface area contributed by atoms with Gasteiger partial charge in [-0.05, 0) is 52.1 Å². The zero-order valence-electron chi connectivity index (χ0n) is 11.4. The summed E-state index contributed by atoms with van der Waals surface area (Å²) in [5, 5.41) is 11.2. The lowest BCUT2D eigenvalue weighted by molar-refractivity contribution is 1.14. The van der Waals surface area contributed by atoms with Gasteiger partial charge in [-0.25, -0.2) is 0 Å². The summed E-state index contributed by atoms with van der Waals surface area (Å²) in [5.74, 6) is 0. The minimum Gasteiger partial charge on any atom is -0.192 e. The maximum Gasteiger partial charge on any atom is 0.0991 e. The molecule has 3 rings (SSSR count). The molecule has 0 heterocycles. The van der Waals surface area contributed by atoms with E-state index < -0.39 is 0 Å². The summed E-state index contributed by atoms with van der Waals surface area (Å²) in [5.41, 5.74) is 4.50. The molecule has 0 aliphatic carbocycles. The van der Waals surface area contributed by atoms with Crippen LogP contribution in [0.4, 0.5) is 0 Å². The van der Waals surface area contributed by atoms with E-state index in [0.29, 0.717) is 5.56 Å². The highest BCUT2D eigenvalue weighted by Gasteiger charge is 2.01. The molecule has 0 bridgehead atoms. The van der Waals surface area contributed by atoms with Gasteiger partial charge in [0.25, 0.3) is 0 Å². The van der Waals surface area contributed by atoms with Gasteiger partial charge in [-0.2, -0.15) is 5.26 Å². The summed E-state index contributed by atoms with van der Waals surface area (Å²) >= 11 is 0. The van der Waals surface area contributed by atoms with Crippen LogP contribution in [0.25, 0.3) is 21.9 Å². The first-order valence-corrected chi connectivity index (χ1v) is 6.83. The first kappa shape index (κ1) is 12.4. The molecular formula is C19H15N. The van der Waals surface area contributed by atoms with E-state index in [4.69, 9.17) is 5.26 Å². The lowest BCUT2D eigenvalue weighted by Gasteiger charge is -2.05. The summed E-state index contributed by atoms with van der Waals surface area (Å²) in [4.78, 5) is 0. The minimum atomic E-state index is 0.706. The second-order valence-electron chi connectivity index (χ2n) is 4.94. The van der Waals surface area contributed by atoms with Crippen molar-refractivity contribution < 1.29 is 0 Å². The van der Waals surface area contributed by atoms with E-state index in [0.717, 1.165) is 11.8 Å². The number of aryl methyl sites for hydroxylation is 1. The van der Waals surface area contributed by atoms with Gasteiger partial charge in [0.2, 0.25) is 0 Å². The normalized spacial score (nSPS) is 10.4. The number of nitrogens with zero attached hydrogens (tertiary/aromatic N) is 1. The van der Waals surface area contributed by atoms with Gasteiger partial charge in [0.05, 0.1) is 11.6 Å². The maximum absolute atomic E-state index is 8.93. The van der Waals surface area contributed by atoms with Gasteiger partial charge < -0.3 is 0 Å². The van der Waals surface area contributed by atoms with Gasteiger partial charge in [0, 0.05) is 0 Å². The molecular weight excluding hydrogens is 242 g/mol. The summed E-state index contributed by atoms with van der Waals surface area (Å²) in [7, 11) is 0. The maximum atomic E-state index is 8.93. The molecule has 0 aliphatic rings. The molecule has 96 valence electrons. The first-order valence-electron chi connectivity index (χ1n) is 6.83. The average molecular weight is 257 g/mol. The van der Waals surface area contributed by atoms with E-state index in [2.05, 4.69) is 55.5 Å². The van der Waals surface area contributed by atoms with E-state index in [1.807, 2.05) is 18.2 Å². The Morgan fingerprint density at radius 2 is 1.45 bits per heavy atom. The van der Waals surface area contributed by atoms with Crippen molar-refractivity contribution in [1.82, 2.24) is 0 Å². The highest BCUT2D eigenvalue weighted by atomic mass is 14.2. The zero-order chi connectivity index (χ0) is 13.9. The first-order chi connectivity index (χ1) is 9.80. The molecule has 0 saturated carbocycles. The van der Waals surface area contributed by atoms with Crippen molar-refractivity contribution in [2.75, 3.05) is 0 Å². The molecule has 3 aromatic rings. The van der Waals surface area contributed by atoms with Crippen LogP contribution in [0.3, 0.4) is 0 Å². The highest BCUT2D eigenvalue weighted by Crippen LogP contribution is 2.25. The number of hydrogen-bond acceptors (Lipinski definition) is 1. The van der Waals surface area contributed by atoms with E-state index in [1.54, 1.807) is 0 Å². The molecule has 0 aromatic heterocycles. The van der Waals surface area contributed by atoms with E-state index in [1.165, 1.54) is 22.1 Å². The molecule has 0 amide bonds. The Labute approximate surface area is 119 Å². The number of nitriles is 1. The molecule has 1 nitrogen and oxygen atoms in total. The third-order valence-corrected chi connectivity index (χ3v) is 3.66. The number of fused-ring (bicyclic) bond motifs is 1. The molecule has 0 fully saturated rings. The van der Waals surface area contributed by atoms with Crippen molar-refractivity contribution >= 4 is 10.8 Å². The lowest BCUT2D eigenvalue weighted by Crippen LogP contribution is -1.83. The Bertz CT molecular complexity index is 792. The number of hydrogen-bond donors (Lipinski definition) is 0. The van der Waals surface area contributed by atoms with Crippen LogP contribution in [0.1, 0.15) is 18.1 Å². The van der Waals surface area contributed by atoms with Crippen LogP contribution in [0.5, 0.6) is 0 Å². The van der Waals surface area contributed by atoms with Crippen LogP contribution < -0.4 is 0 Å². The van der Waals surface area contributed by atoms with Gasteiger partial charge in [-0.3, -0.25) is 0 Å². The lowest BCUT2D eigenvalue weighted by atomic mass is 9.99. The fraction of sp³-hybridized carbons (Fsp3) is 0.105. The van der Waals surface area contributed by atoms with Gasteiger partial charge in [-0.1, -0.05) is 49.4 Å². The van der Waals surface area contributed by atoms with Gasteiger partial charge in [-0.15, -0.1) is 0 Å². The summed E-state index contributed by atoms with van der Waals surface area (Å²) in [6.45, 7) is 2.16. The molecule has 0 spiro atoms. The minimum absolute atomic E-state index is 0.706. The predicted octanol–water partition coefficient (Wildman–Crippen LogP) is 4.94. The van der Waals surface area contributed by atoms with Crippen LogP contribution in [-0.4, -0.2) is 0 Å². The molecule has 0 radical (unpaired) electrons. The quantitative estimate of drug-likeness (QED) is 0.637. The van der Waals surface area contributed by atoms with Crippen molar-refractivity contribution in [3.8, 4) is 17.2 Å². The third-order valence-electron chi connectivity index (χ3n) is 3.66. The van der Waals surface area contributed by atoms with Gasteiger partial charge >= 0.3 is 0 Å². The third kappa shape index (κ3) is 2.29. The van der Waals surface area contributed by atoms with Crippen molar-refractivity contribution in [3.63, 3.8) is 0 Å². The molecule has 20 heavy (non-hydrogen) atoms. The second kappa shape index (κ2) is 5.19. The molecule has 0 unspecified atom stereocenters. The molecule has 0 saturated heterocycles. The van der Waals surface area contributed by atoms with Gasteiger partial charge in [0.15, 0.2) is 0 Å². The average Bonchev–Trinajstić information content (AvgIpc) is 2.54. The Balaban J connectivity index is 2.06. The Morgan fingerprint density at radius 1 is 0.800 bits per heavy atom. The van der Waals surface area contributed by atoms with Crippen molar-refractivity contribution in [1.29, 1.82) is 5.26 Å². The topological polar surface area (TPSA) is 23.8 Å². The number of rotatable bonds is 2. The summed E-state index contributed by atoms with van der Waals surface area (Å²) in [6.07, 6.45) is 1.06. The van der Waals surface area contributed by atoms with Crippen molar-refractivity contribution in [2.45, 2.75) is 13.3 Å². The molecule has 0 atom stereocenters. The largest absolute Gasteiger partial charge is 0.192 e. The Kier molecular flexibility index (Phi) is 3.23. The predicted molar refractivity (Wildman–Crippen MR) is 83.5 cm³/mol. The summed E-state index contributed by atoms with van der Waals surface area (Å²) in [6, 6.07) is 23.1. The SMILES string of the molecule is CCc1ccc(-c2ccc3cc(C#N)ccc3c2)cc1. The van der Waals surface area contributed by atoms with E-state index in [-0.39, 0.29) is 0 Å². The van der Waals surface area contributed by atoms with Crippen LogP contribution in [-0.2, 0) is 6.42 Å². The number of benzene rings is 3. The molecule has 1 heteroatoms. The molecule has 3 aromatic carbocycles. The molecule has 0 N–H and O–H groups in total. The fourth-order valence-corrected chi connectivity index (χ4v) is 2.43. The highest BCUT2D eigenvalue weighted by molar-refractivity contribution is 5.88. The van der Waals surface area contributed by atoms with Crippen molar-refractivity contribution in [3.05, 3.63) is 71.8 Å².